The SMILES string of the molecule is COc1ccc(NC(=O)c2ccc(S(C)(=O)=O)cc2)c(OC)c1. The third-order valence-electron chi connectivity index (χ3n) is 3.20. The zero-order valence-electron chi connectivity index (χ0n) is 13.0. The molecule has 0 fully saturated rings. The van der Waals surface area contributed by atoms with Crippen LogP contribution in [0.2, 0.25) is 0 Å². The maximum Gasteiger partial charge on any atom is 0.255 e. The maximum atomic E-state index is 12.3. The van der Waals surface area contributed by atoms with Gasteiger partial charge < -0.3 is 14.8 Å². The van der Waals surface area contributed by atoms with E-state index in [0.29, 0.717) is 22.7 Å². The van der Waals surface area contributed by atoms with Crippen LogP contribution in [-0.2, 0) is 9.84 Å². The van der Waals surface area contributed by atoms with E-state index in [-0.39, 0.29) is 10.8 Å². The lowest BCUT2D eigenvalue weighted by molar-refractivity contribution is 0.102. The van der Waals surface area contributed by atoms with Crippen LogP contribution in [0.5, 0.6) is 11.5 Å². The Morgan fingerprint density at radius 2 is 1.65 bits per heavy atom. The number of carbonyl (C=O) groups is 1. The monoisotopic (exact) mass is 335 g/mol. The first-order chi connectivity index (χ1) is 10.8. The van der Waals surface area contributed by atoms with E-state index in [0.717, 1.165) is 6.26 Å². The van der Waals surface area contributed by atoms with Crippen LogP contribution >= 0.6 is 0 Å². The topological polar surface area (TPSA) is 81.7 Å². The van der Waals surface area contributed by atoms with E-state index in [9.17, 15) is 13.2 Å². The van der Waals surface area contributed by atoms with Crippen molar-refractivity contribution in [2.75, 3.05) is 25.8 Å². The average Bonchev–Trinajstić information content (AvgIpc) is 2.54. The van der Waals surface area contributed by atoms with E-state index in [1.165, 1.54) is 38.5 Å². The summed E-state index contributed by atoms with van der Waals surface area (Å²) < 4.78 is 33.2. The van der Waals surface area contributed by atoms with Gasteiger partial charge in [0.25, 0.3) is 5.91 Å². The molecule has 0 heterocycles. The molecule has 0 aliphatic heterocycles. The van der Waals surface area contributed by atoms with Crippen molar-refractivity contribution in [1.29, 1.82) is 0 Å². The molecule has 2 aromatic carbocycles. The fourth-order valence-corrected chi connectivity index (χ4v) is 2.58. The smallest absolute Gasteiger partial charge is 0.255 e. The maximum absolute atomic E-state index is 12.3. The summed E-state index contributed by atoms with van der Waals surface area (Å²) in [6.45, 7) is 0. The highest BCUT2D eigenvalue weighted by molar-refractivity contribution is 7.90. The summed E-state index contributed by atoms with van der Waals surface area (Å²) >= 11 is 0. The fourth-order valence-electron chi connectivity index (χ4n) is 1.95. The standard InChI is InChI=1S/C16H17NO5S/c1-21-12-6-9-14(15(10-12)22-2)17-16(18)11-4-7-13(8-5-11)23(3,19)20/h4-10H,1-3H3,(H,17,18). The van der Waals surface area contributed by atoms with Crippen LogP contribution in [0.25, 0.3) is 0 Å². The van der Waals surface area contributed by atoms with E-state index < -0.39 is 9.84 Å². The number of methoxy groups -OCH3 is 2. The zero-order valence-corrected chi connectivity index (χ0v) is 13.8. The normalized spacial score (nSPS) is 10.9. The van der Waals surface area contributed by atoms with Gasteiger partial charge in [0.2, 0.25) is 0 Å². The van der Waals surface area contributed by atoms with Crippen LogP contribution in [-0.4, -0.2) is 34.8 Å². The number of ether oxygens (including phenoxy) is 2. The van der Waals surface area contributed by atoms with Crippen molar-refractivity contribution in [2.24, 2.45) is 0 Å². The minimum absolute atomic E-state index is 0.163. The quantitative estimate of drug-likeness (QED) is 0.907. The van der Waals surface area contributed by atoms with Gasteiger partial charge in [0, 0.05) is 17.9 Å². The second-order valence-corrected chi connectivity index (χ2v) is 6.83. The molecule has 6 nitrogen and oxygen atoms in total. The van der Waals surface area contributed by atoms with Gasteiger partial charge in [-0.15, -0.1) is 0 Å². The second-order valence-electron chi connectivity index (χ2n) is 4.82. The summed E-state index contributed by atoms with van der Waals surface area (Å²) in [6, 6.07) is 10.7. The minimum atomic E-state index is -3.29. The molecule has 0 spiro atoms. The van der Waals surface area contributed by atoms with Gasteiger partial charge >= 0.3 is 0 Å². The van der Waals surface area contributed by atoms with Crippen molar-refractivity contribution < 1.29 is 22.7 Å². The lowest BCUT2D eigenvalue weighted by Crippen LogP contribution is -2.13. The third kappa shape index (κ3) is 4.01. The molecular formula is C16H17NO5S. The summed E-state index contributed by atoms with van der Waals surface area (Å²) in [5.41, 5.74) is 0.834. The number of nitrogens with one attached hydrogen (secondary N) is 1. The average molecular weight is 335 g/mol. The fraction of sp³-hybridized carbons (Fsp3) is 0.188. The Bertz CT molecular complexity index is 813. The lowest BCUT2D eigenvalue weighted by atomic mass is 10.2. The van der Waals surface area contributed by atoms with E-state index in [2.05, 4.69) is 5.32 Å². The Balaban J connectivity index is 2.22. The van der Waals surface area contributed by atoms with E-state index in [4.69, 9.17) is 9.47 Å². The Kier molecular flexibility index (Phi) is 4.90. The van der Waals surface area contributed by atoms with Crippen molar-refractivity contribution in [3.63, 3.8) is 0 Å². The third-order valence-corrected chi connectivity index (χ3v) is 4.33. The Morgan fingerprint density at radius 3 is 2.17 bits per heavy atom. The van der Waals surface area contributed by atoms with Gasteiger partial charge in [-0.3, -0.25) is 4.79 Å². The molecule has 23 heavy (non-hydrogen) atoms. The van der Waals surface area contributed by atoms with Gasteiger partial charge in [-0.25, -0.2) is 8.42 Å². The van der Waals surface area contributed by atoms with Crippen LogP contribution < -0.4 is 14.8 Å². The van der Waals surface area contributed by atoms with E-state index in [1.807, 2.05) is 0 Å². The molecule has 2 rings (SSSR count). The van der Waals surface area contributed by atoms with Crippen molar-refractivity contribution in [3.8, 4) is 11.5 Å². The van der Waals surface area contributed by atoms with Crippen LogP contribution in [0, 0.1) is 0 Å². The molecule has 0 aliphatic rings. The largest absolute Gasteiger partial charge is 0.497 e. The number of hydrogen-bond acceptors (Lipinski definition) is 5. The number of anilines is 1. The molecule has 7 heteroatoms. The molecule has 0 saturated heterocycles. The summed E-state index contributed by atoms with van der Waals surface area (Å²) in [6.07, 6.45) is 1.12. The molecule has 0 unspecified atom stereocenters. The minimum Gasteiger partial charge on any atom is -0.497 e. The van der Waals surface area contributed by atoms with Gasteiger partial charge in [-0.05, 0) is 36.4 Å². The Hall–Kier alpha value is -2.54. The van der Waals surface area contributed by atoms with Crippen molar-refractivity contribution in [1.82, 2.24) is 0 Å². The second kappa shape index (κ2) is 6.70. The highest BCUT2D eigenvalue weighted by Crippen LogP contribution is 2.29. The number of benzene rings is 2. The molecule has 1 N–H and O–H groups in total. The summed E-state index contributed by atoms with van der Waals surface area (Å²) in [5, 5.41) is 2.72. The molecule has 1 amide bonds. The molecule has 0 radical (unpaired) electrons. The van der Waals surface area contributed by atoms with E-state index >= 15 is 0 Å². The van der Waals surface area contributed by atoms with Gasteiger partial charge in [0.05, 0.1) is 24.8 Å². The number of rotatable bonds is 5. The number of amides is 1. The molecule has 0 atom stereocenters. The molecule has 0 aliphatic carbocycles. The lowest BCUT2D eigenvalue weighted by Gasteiger charge is -2.11. The molecule has 0 aromatic heterocycles. The number of sulfone groups is 1. The summed E-state index contributed by atoms with van der Waals surface area (Å²) in [4.78, 5) is 12.4. The van der Waals surface area contributed by atoms with Crippen LogP contribution in [0.3, 0.4) is 0 Å². The van der Waals surface area contributed by atoms with Crippen LogP contribution in [0.1, 0.15) is 10.4 Å². The predicted octanol–water partition coefficient (Wildman–Crippen LogP) is 2.36. The van der Waals surface area contributed by atoms with Gasteiger partial charge in [0.1, 0.15) is 11.5 Å². The first-order valence-corrected chi connectivity index (χ1v) is 8.58. The van der Waals surface area contributed by atoms with Crippen LogP contribution in [0.15, 0.2) is 47.4 Å². The molecule has 0 saturated carbocycles. The number of carbonyl (C=O) groups excluding carboxylic acids is 1. The van der Waals surface area contributed by atoms with E-state index in [1.54, 1.807) is 18.2 Å². The van der Waals surface area contributed by atoms with Crippen molar-refractivity contribution in [2.45, 2.75) is 4.90 Å². The molecule has 122 valence electrons. The van der Waals surface area contributed by atoms with Gasteiger partial charge in [0.15, 0.2) is 9.84 Å². The zero-order chi connectivity index (χ0) is 17.0. The molecule has 0 bridgehead atoms. The highest BCUT2D eigenvalue weighted by Gasteiger charge is 2.12. The van der Waals surface area contributed by atoms with Crippen molar-refractivity contribution in [3.05, 3.63) is 48.0 Å². The van der Waals surface area contributed by atoms with Gasteiger partial charge in [-0.2, -0.15) is 0 Å². The van der Waals surface area contributed by atoms with Crippen LogP contribution in [0.4, 0.5) is 5.69 Å². The summed E-state index contributed by atoms with van der Waals surface area (Å²) in [5.74, 6) is 0.705. The Morgan fingerprint density at radius 1 is 1.00 bits per heavy atom. The summed E-state index contributed by atoms with van der Waals surface area (Å²) in [7, 11) is -0.259. The first-order valence-electron chi connectivity index (χ1n) is 6.68. The first kappa shape index (κ1) is 16.8. The highest BCUT2D eigenvalue weighted by atomic mass is 32.2. The van der Waals surface area contributed by atoms with Crippen molar-refractivity contribution >= 4 is 21.4 Å². The predicted molar refractivity (Wildman–Crippen MR) is 87.1 cm³/mol. The molecule has 2 aromatic rings. The van der Waals surface area contributed by atoms with Gasteiger partial charge in [-0.1, -0.05) is 0 Å². The Labute approximate surface area is 135 Å². The molecular weight excluding hydrogens is 318 g/mol. The number of hydrogen-bond donors (Lipinski definition) is 1.